The van der Waals surface area contributed by atoms with Crippen molar-refractivity contribution in [2.45, 2.75) is 161 Å². The van der Waals surface area contributed by atoms with Crippen molar-refractivity contribution in [2.75, 3.05) is 31.7 Å². The molecule has 55 heavy (non-hydrogen) atoms. The van der Waals surface area contributed by atoms with Gasteiger partial charge in [0.15, 0.2) is 48.2 Å². The predicted octanol–water partition coefficient (Wildman–Crippen LogP) is 8.09. The van der Waals surface area contributed by atoms with E-state index in [2.05, 4.69) is 112 Å². The number of carbonyl (C=O) groups is 1. The summed E-state index contributed by atoms with van der Waals surface area (Å²) in [6, 6.07) is 0.0421. The summed E-state index contributed by atoms with van der Waals surface area (Å²) >= 11 is 0. The Morgan fingerprint density at radius 1 is 0.909 bits per heavy atom. The van der Waals surface area contributed by atoms with Crippen LogP contribution < -0.4 is 5.32 Å². The second-order valence-electron chi connectivity index (χ2n) is 19.6. The first-order valence-electron chi connectivity index (χ1n) is 19.7. The van der Waals surface area contributed by atoms with Crippen molar-refractivity contribution < 1.29 is 32.3 Å². The first kappa shape index (κ1) is 43.6. The summed E-state index contributed by atoms with van der Waals surface area (Å²) < 4.78 is 43.2. The van der Waals surface area contributed by atoms with Crippen LogP contribution in [-0.2, 0) is 27.5 Å². The van der Waals surface area contributed by atoms with Crippen LogP contribution in [0, 0.1) is 0 Å². The van der Waals surface area contributed by atoms with Gasteiger partial charge in [-0.1, -0.05) is 62.3 Å². The van der Waals surface area contributed by atoms with Crippen molar-refractivity contribution in [1.29, 1.82) is 0 Å². The number of hydrogen-bond acceptors (Lipinski definition) is 12. The molecule has 0 aromatic carbocycles. The Labute approximate surface area is 331 Å². The first-order chi connectivity index (χ1) is 25.3. The normalized spacial score (nSPS) is 23.2. The molecule has 5 atom stereocenters. The average molecular weight is 818 g/mol. The van der Waals surface area contributed by atoms with Crippen LogP contribution in [0.2, 0.25) is 54.4 Å². The van der Waals surface area contributed by atoms with Crippen LogP contribution >= 0.6 is 0 Å². The third-order valence-corrected chi connectivity index (χ3v) is 25.9. The van der Waals surface area contributed by atoms with Crippen LogP contribution in [0.25, 0.3) is 17.1 Å². The van der Waals surface area contributed by atoms with E-state index in [1.807, 2.05) is 4.57 Å². The van der Waals surface area contributed by atoms with Gasteiger partial charge >= 0.3 is 5.97 Å². The Bertz CT molecular complexity index is 1800. The van der Waals surface area contributed by atoms with Crippen LogP contribution in [0.1, 0.15) is 92.2 Å². The molecule has 3 aromatic heterocycles. The highest BCUT2D eigenvalue weighted by Gasteiger charge is 2.55. The van der Waals surface area contributed by atoms with Gasteiger partial charge in [0.1, 0.15) is 18.3 Å². The minimum absolute atomic E-state index is 0.0130. The summed E-state index contributed by atoms with van der Waals surface area (Å²) in [5.41, 5.74) is 1.41. The van der Waals surface area contributed by atoms with Gasteiger partial charge in [0, 0.05) is 12.8 Å². The van der Waals surface area contributed by atoms with E-state index in [-0.39, 0.29) is 33.7 Å². The quantitative estimate of drug-likeness (QED) is 0.131. The van der Waals surface area contributed by atoms with Crippen LogP contribution in [0.4, 0.5) is 5.82 Å². The number of imidazole rings is 1. The van der Waals surface area contributed by atoms with Gasteiger partial charge in [-0.25, -0.2) is 14.5 Å². The van der Waals surface area contributed by atoms with Gasteiger partial charge in [0.25, 0.3) is 5.95 Å². The number of carbonyl (C=O) groups excluding carboxylic acids is 1. The molecule has 2 aliphatic heterocycles. The maximum atomic E-state index is 12.6. The lowest BCUT2D eigenvalue weighted by Crippen LogP contribution is -2.54. The van der Waals surface area contributed by atoms with Crippen LogP contribution in [0.15, 0.2) is 18.7 Å². The van der Waals surface area contributed by atoms with E-state index in [1.54, 1.807) is 19.4 Å². The molecule has 0 saturated carbocycles. The fourth-order valence-corrected chi connectivity index (χ4v) is 9.38. The van der Waals surface area contributed by atoms with Crippen LogP contribution in [0.5, 0.6) is 0 Å². The molecule has 0 spiro atoms. The highest BCUT2D eigenvalue weighted by Crippen LogP contribution is 2.47. The number of rotatable bonds is 13. The molecule has 3 aromatic rings. The standard InChI is InChI=1S/C38H67N7O7Si3/c1-17-48-34(46)25-20-40-45(21-25)35-42-31(41-26-18-19-47-22-26)28-32(43-35)44(24-39-28)33-30(52-55(15,16)38(8,9)10)29(51-54(13,14)37(5,6)7)27(50-33)23-49-53(11,12)36(2,3)4/h20-21,24,26-27,29-30,33H,17-19,22-23H2,1-16H3,(H,41,42,43)/t26?,27-,29-,30+,33-/m1/s1. The van der Waals surface area contributed by atoms with E-state index in [0.717, 1.165) is 6.42 Å². The molecule has 2 aliphatic rings. The van der Waals surface area contributed by atoms with E-state index in [0.29, 0.717) is 42.4 Å². The summed E-state index contributed by atoms with van der Waals surface area (Å²) in [5, 5.41) is 7.88. The lowest BCUT2D eigenvalue weighted by Gasteiger charge is -2.44. The monoisotopic (exact) mass is 817 g/mol. The largest absolute Gasteiger partial charge is 0.462 e. The molecule has 1 unspecified atom stereocenters. The Balaban J connectivity index is 1.68. The number of aromatic nitrogens is 6. The van der Waals surface area contributed by atoms with Gasteiger partial charge in [0.05, 0.1) is 44.0 Å². The van der Waals surface area contributed by atoms with E-state index in [9.17, 15) is 4.79 Å². The number of nitrogens with zero attached hydrogens (tertiary/aromatic N) is 6. The number of fused-ring (bicyclic) bond motifs is 1. The minimum atomic E-state index is -2.42. The first-order valence-corrected chi connectivity index (χ1v) is 28.4. The molecule has 2 saturated heterocycles. The van der Waals surface area contributed by atoms with Crippen LogP contribution in [-0.4, -0.2) is 111 Å². The van der Waals surface area contributed by atoms with Gasteiger partial charge < -0.3 is 32.8 Å². The lowest BCUT2D eigenvalue weighted by molar-refractivity contribution is -0.0470. The second-order valence-corrected chi connectivity index (χ2v) is 33.9. The fourth-order valence-electron chi connectivity index (χ4n) is 5.76. The maximum absolute atomic E-state index is 12.6. The van der Waals surface area contributed by atoms with Crippen molar-refractivity contribution in [1.82, 2.24) is 29.3 Å². The summed E-state index contributed by atoms with van der Waals surface area (Å²) in [5.74, 6) is 0.331. The van der Waals surface area contributed by atoms with Crippen molar-refractivity contribution in [3.63, 3.8) is 0 Å². The predicted molar refractivity (Wildman–Crippen MR) is 222 cm³/mol. The molecule has 0 bridgehead atoms. The van der Waals surface area contributed by atoms with Crippen molar-refractivity contribution in [2.24, 2.45) is 0 Å². The smallest absolute Gasteiger partial charge is 0.341 e. The third kappa shape index (κ3) is 9.29. The average Bonchev–Trinajstić information content (AvgIpc) is 3.86. The zero-order valence-electron chi connectivity index (χ0n) is 36.2. The Kier molecular flexibility index (Phi) is 12.4. The van der Waals surface area contributed by atoms with E-state index in [1.165, 1.54) is 10.9 Å². The SMILES string of the molecule is CCOC(=O)c1cnn(-c2nc(NC3CCOC3)c3ncn([C@@H]4O[C@H](CO[Si](C)(C)C(C)(C)C)[C@@H](O[Si](C)(C)C(C)(C)C)[C@@H]4O[Si](C)(C)C(C)(C)C)c3n2)c1. The molecular formula is C38H67N7O7Si3. The number of esters is 1. The van der Waals surface area contributed by atoms with Crippen molar-refractivity contribution in [3.8, 4) is 5.95 Å². The molecule has 17 heteroatoms. The molecule has 5 rings (SSSR count). The van der Waals surface area contributed by atoms with Crippen molar-refractivity contribution >= 4 is 47.9 Å². The summed E-state index contributed by atoms with van der Waals surface area (Å²) in [6.45, 7) is 37.5. The maximum Gasteiger partial charge on any atom is 0.341 e. The van der Waals surface area contributed by atoms with E-state index in [4.69, 9.17) is 42.4 Å². The molecule has 308 valence electrons. The van der Waals surface area contributed by atoms with Gasteiger partial charge in [-0.2, -0.15) is 15.1 Å². The molecule has 2 fully saturated rings. The molecule has 5 heterocycles. The minimum Gasteiger partial charge on any atom is -0.462 e. The highest BCUT2D eigenvalue weighted by molar-refractivity contribution is 6.75. The number of nitrogens with one attached hydrogen (secondary N) is 1. The molecule has 0 radical (unpaired) electrons. The zero-order valence-corrected chi connectivity index (χ0v) is 39.2. The van der Waals surface area contributed by atoms with Gasteiger partial charge in [0.2, 0.25) is 0 Å². The Hall–Kier alpha value is -2.52. The Morgan fingerprint density at radius 2 is 1.53 bits per heavy atom. The second kappa shape index (κ2) is 15.7. The van der Waals surface area contributed by atoms with Crippen molar-refractivity contribution in [3.05, 3.63) is 24.3 Å². The number of ether oxygens (including phenoxy) is 3. The van der Waals surface area contributed by atoms with Gasteiger partial charge in [-0.3, -0.25) is 4.57 Å². The molecule has 0 aliphatic carbocycles. The number of anilines is 1. The molecular weight excluding hydrogens is 751 g/mol. The van der Waals surface area contributed by atoms with E-state index >= 15 is 0 Å². The fraction of sp³-hybridized carbons (Fsp3) is 0.763. The molecule has 0 amide bonds. The lowest BCUT2D eigenvalue weighted by atomic mass is 10.1. The van der Waals surface area contributed by atoms with Crippen LogP contribution in [0.3, 0.4) is 0 Å². The zero-order chi connectivity index (χ0) is 40.9. The molecule has 1 N–H and O–H groups in total. The summed E-state index contributed by atoms with van der Waals surface area (Å²) in [4.78, 5) is 27.4. The summed E-state index contributed by atoms with van der Waals surface area (Å²) in [6.07, 6.45) is 3.63. The highest BCUT2D eigenvalue weighted by atomic mass is 28.4. The summed E-state index contributed by atoms with van der Waals surface area (Å²) in [7, 11) is -6.94. The Morgan fingerprint density at radius 3 is 2.09 bits per heavy atom. The van der Waals surface area contributed by atoms with Gasteiger partial charge in [-0.05, 0) is 67.7 Å². The number of hydrogen-bond donors (Lipinski definition) is 1. The molecule has 14 nitrogen and oxygen atoms in total. The topological polar surface area (TPSA) is 146 Å². The van der Waals surface area contributed by atoms with Gasteiger partial charge in [-0.15, -0.1) is 0 Å². The van der Waals surface area contributed by atoms with E-state index < -0.39 is 55.5 Å². The third-order valence-electron chi connectivity index (χ3n) is 12.4.